The van der Waals surface area contributed by atoms with Gasteiger partial charge in [0.15, 0.2) is 11.5 Å². The van der Waals surface area contributed by atoms with Gasteiger partial charge in [-0.1, -0.05) is 23.4 Å². The van der Waals surface area contributed by atoms with Gasteiger partial charge in [-0.3, -0.25) is 14.1 Å². The number of hydrogen-bond donors (Lipinski definition) is 1. The van der Waals surface area contributed by atoms with Crippen LogP contribution in [0.5, 0.6) is 5.75 Å². The minimum absolute atomic E-state index is 0.405. The Labute approximate surface area is 212 Å². The summed E-state index contributed by atoms with van der Waals surface area (Å²) in [4.78, 5) is 24.2. The molecule has 0 bridgehead atoms. The molecule has 2 aliphatic rings. The van der Waals surface area contributed by atoms with Crippen LogP contribution in [0.2, 0.25) is 0 Å². The van der Waals surface area contributed by atoms with Crippen LogP contribution in [-0.4, -0.2) is 24.7 Å². The van der Waals surface area contributed by atoms with E-state index < -0.39 is 5.76 Å². The summed E-state index contributed by atoms with van der Waals surface area (Å²) in [6, 6.07) is 14.5. The summed E-state index contributed by atoms with van der Waals surface area (Å²) in [7, 11) is 0. The SMILES string of the molecule is C/C(=C1\c2ccc(-n3c(C4CC4)nc4c(C)ccnc43)cc2COc2cccc(C)c21)c1noc(=O)[nH]1. The second kappa shape index (κ2) is 8.03. The van der Waals surface area contributed by atoms with Crippen LogP contribution >= 0.6 is 0 Å². The number of ether oxygens (including phenoxy) is 1. The maximum absolute atomic E-state index is 11.8. The smallest absolute Gasteiger partial charge is 0.439 e. The van der Waals surface area contributed by atoms with E-state index in [4.69, 9.17) is 19.2 Å². The van der Waals surface area contributed by atoms with E-state index in [9.17, 15) is 4.79 Å². The highest BCUT2D eigenvalue weighted by molar-refractivity contribution is 6.00. The number of H-pyrrole nitrogens is 1. The van der Waals surface area contributed by atoms with Crippen molar-refractivity contribution in [3.8, 4) is 11.4 Å². The van der Waals surface area contributed by atoms with Crippen molar-refractivity contribution in [2.45, 2.75) is 46.1 Å². The summed E-state index contributed by atoms with van der Waals surface area (Å²) in [6.45, 7) is 6.50. The van der Waals surface area contributed by atoms with Crippen LogP contribution in [0.1, 0.15) is 65.1 Å². The van der Waals surface area contributed by atoms with E-state index in [-0.39, 0.29) is 0 Å². The van der Waals surface area contributed by atoms with Crippen molar-refractivity contribution in [1.29, 1.82) is 0 Å². The van der Waals surface area contributed by atoms with E-state index in [1.165, 1.54) is 0 Å². The lowest BCUT2D eigenvalue weighted by Crippen LogP contribution is -2.04. The topological polar surface area (TPSA) is 98.8 Å². The quantitative estimate of drug-likeness (QED) is 0.360. The van der Waals surface area contributed by atoms with Gasteiger partial charge in [0.25, 0.3) is 0 Å². The molecule has 1 aliphatic carbocycles. The molecule has 1 aliphatic heterocycles. The van der Waals surface area contributed by atoms with Crippen LogP contribution in [0.25, 0.3) is 28.0 Å². The third kappa shape index (κ3) is 3.43. The largest absolute Gasteiger partial charge is 0.488 e. The Bertz CT molecular complexity index is 1800. The van der Waals surface area contributed by atoms with Crippen molar-refractivity contribution < 1.29 is 9.26 Å². The van der Waals surface area contributed by atoms with Crippen LogP contribution in [0.15, 0.2) is 58.0 Å². The molecule has 2 aromatic carbocycles. The summed E-state index contributed by atoms with van der Waals surface area (Å²) >= 11 is 0. The zero-order valence-electron chi connectivity index (χ0n) is 20.8. The number of rotatable bonds is 3. The summed E-state index contributed by atoms with van der Waals surface area (Å²) in [5, 5.41) is 3.97. The lowest BCUT2D eigenvalue weighted by atomic mass is 9.88. The summed E-state index contributed by atoms with van der Waals surface area (Å²) in [5.41, 5.74) is 9.85. The number of pyridine rings is 1. The van der Waals surface area contributed by atoms with E-state index in [1.807, 2.05) is 31.3 Å². The average molecular weight is 492 g/mol. The van der Waals surface area contributed by atoms with Crippen LogP contribution in [0.4, 0.5) is 0 Å². The lowest BCUT2D eigenvalue weighted by molar-refractivity contribution is 0.307. The number of nitrogens with one attached hydrogen (secondary N) is 1. The molecule has 0 unspecified atom stereocenters. The zero-order valence-corrected chi connectivity index (χ0v) is 20.8. The zero-order chi connectivity index (χ0) is 25.3. The standard InChI is InChI=1S/C29H25N5O3/c1-15-5-4-6-22-23(15)24(17(3)26-32-29(35)37-33-26)21-10-9-20(13-19(21)14-36-22)34-27(18-7-8-18)31-25-16(2)11-12-30-28(25)34/h4-6,9-13,18H,7-8,14H2,1-3H3,(H,32,33,35)/b24-17-. The van der Waals surface area contributed by atoms with E-state index in [2.05, 4.69) is 52.8 Å². The van der Waals surface area contributed by atoms with E-state index in [0.717, 1.165) is 80.2 Å². The summed E-state index contributed by atoms with van der Waals surface area (Å²) in [5.74, 6) is 2.14. The van der Waals surface area contributed by atoms with Gasteiger partial charge < -0.3 is 4.74 Å². The molecule has 5 aromatic rings. The monoisotopic (exact) mass is 491 g/mol. The Hall–Kier alpha value is -4.46. The Balaban J connectivity index is 1.48. The number of imidazole rings is 1. The van der Waals surface area contributed by atoms with Gasteiger partial charge >= 0.3 is 5.76 Å². The Morgan fingerprint density at radius 3 is 2.76 bits per heavy atom. The first kappa shape index (κ1) is 21.8. The van der Waals surface area contributed by atoms with Crippen molar-refractivity contribution >= 4 is 22.3 Å². The number of allylic oxidation sites excluding steroid dienone is 1. The molecule has 184 valence electrons. The van der Waals surface area contributed by atoms with Crippen molar-refractivity contribution in [2.75, 3.05) is 0 Å². The molecule has 0 atom stereocenters. The number of aromatic amines is 1. The van der Waals surface area contributed by atoms with Crippen LogP contribution < -0.4 is 10.5 Å². The second-order valence-electron chi connectivity index (χ2n) is 9.90. The van der Waals surface area contributed by atoms with E-state index in [1.54, 1.807) is 0 Å². The lowest BCUT2D eigenvalue weighted by Gasteiger charge is -2.17. The van der Waals surface area contributed by atoms with Crippen molar-refractivity contribution in [2.24, 2.45) is 0 Å². The van der Waals surface area contributed by atoms with Crippen molar-refractivity contribution in [1.82, 2.24) is 24.7 Å². The first-order chi connectivity index (χ1) is 18.0. The van der Waals surface area contributed by atoms with Gasteiger partial charge in [-0.2, -0.15) is 0 Å². The predicted octanol–water partition coefficient (Wildman–Crippen LogP) is 5.46. The number of benzene rings is 2. The molecule has 0 radical (unpaired) electrons. The van der Waals surface area contributed by atoms with Gasteiger partial charge in [0, 0.05) is 28.9 Å². The molecule has 1 fully saturated rings. The maximum Gasteiger partial charge on any atom is 0.439 e. The van der Waals surface area contributed by atoms with Crippen LogP contribution in [-0.2, 0) is 6.61 Å². The molecule has 37 heavy (non-hydrogen) atoms. The molecule has 4 heterocycles. The molecule has 3 aromatic heterocycles. The van der Waals surface area contributed by atoms with Gasteiger partial charge in [-0.25, -0.2) is 14.8 Å². The molecule has 1 N–H and O–H groups in total. The molecular weight excluding hydrogens is 466 g/mol. The van der Waals surface area contributed by atoms with Crippen molar-refractivity contribution in [3.05, 3.63) is 98.7 Å². The highest BCUT2D eigenvalue weighted by atomic mass is 16.5. The van der Waals surface area contributed by atoms with Gasteiger partial charge in [0.05, 0.1) is 0 Å². The van der Waals surface area contributed by atoms with Gasteiger partial charge in [0.1, 0.15) is 23.7 Å². The highest BCUT2D eigenvalue weighted by Crippen LogP contribution is 2.44. The summed E-state index contributed by atoms with van der Waals surface area (Å²) < 4.78 is 13.4. The number of aromatic nitrogens is 5. The molecule has 8 heteroatoms. The summed E-state index contributed by atoms with van der Waals surface area (Å²) in [6.07, 6.45) is 4.14. The van der Waals surface area contributed by atoms with E-state index >= 15 is 0 Å². The fourth-order valence-electron chi connectivity index (χ4n) is 5.33. The molecule has 0 amide bonds. The Kier molecular flexibility index (Phi) is 4.73. The van der Waals surface area contributed by atoms with Gasteiger partial charge in [-0.15, -0.1) is 0 Å². The number of nitrogens with zero attached hydrogens (tertiary/aromatic N) is 4. The normalized spacial score (nSPS) is 16.2. The number of aryl methyl sites for hydroxylation is 2. The Morgan fingerprint density at radius 2 is 1.97 bits per heavy atom. The van der Waals surface area contributed by atoms with Gasteiger partial charge in [0.2, 0.25) is 0 Å². The third-order valence-electron chi connectivity index (χ3n) is 7.37. The fraction of sp³-hybridized carbons (Fsp3) is 0.241. The first-order valence-corrected chi connectivity index (χ1v) is 12.5. The van der Waals surface area contributed by atoms with Crippen LogP contribution in [0.3, 0.4) is 0 Å². The third-order valence-corrected chi connectivity index (χ3v) is 7.37. The second-order valence-corrected chi connectivity index (χ2v) is 9.90. The number of fused-ring (bicyclic) bond motifs is 3. The fourth-order valence-corrected chi connectivity index (χ4v) is 5.33. The Morgan fingerprint density at radius 1 is 1.11 bits per heavy atom. The van der Waals surface area contributed by atoms with Gasteiger partial charge in [-0.05, 0) is 85.7 Å². The minimum atomic E-state index is -0.581. The molecule has 8 nitrogen and oxygen atoms in total. The molecular formula is C29H25N5O3. The molecule has 0 saturated heterocycles. The van der Waals surface area contributed by atoms with Crippen LogP contribution in [0, 0.1) is 13.8 Å². The minimum Gasteiger partial charge on any atom is -0.488 e. The maximum atomic E-state index is 11.8. The highest BCUT2D eigenvalue weighted by Gasteiger charge is 2.31. The molecule has 7 rings (SSSR count). The van der Waals surface area contributed by atoms with E-state index in [0.29, 0.717) is 18.3 Å². The average Bonchev–Trinajstić information content (AvgIpc) is 3.57. The molecule has 1 saturated carbocycles. The molecule has 0 spiro atoms. The predicted molar refractivity (Wildman–Crippen MR) is 140 cm³/mol. The van der Waals surface area contributed by atoms with Crippen molar-refractivity contribution in [3.63, 3.8) is 0 Å². The number of hydrogen-bond acceptors (Lipinski definition) is 6. The first-order valence-electron chi connectivity index (χ1n) is 12.5.